The van der Waals surface area contributed by atoms with Gasteiger partial charge in [0.25, 0.3) is 11.8 Å². The van der Waals surface area contributed by atoms with Gasteiger partial charge in [-0.15, -0.1) is 11.3 Å². The van der Waals surface area contributed by atoms with E-state index in [9.17, 15) is 19.5 Å². The summed E-state index contributed by atoms with van der Waals surface area (Å²) < 4.78 is 5.05. The number of benzene rings is 2. The Bertz CT molecular complexity index is 1030. The molecule has 0 atom stereocenters. The first kappa shape index (κ1) is 19.1. The summed E-state index contributed by atoms with van der Waals surface area (Å²) in [6.07, 6.45) is 0. The van der Waals surface area contributed by atoms with Gasteiger partial charge in [0.15, 0.2) is 5.13 Å². The van der Waals surface area contributed by atoms with Gasteiger partial charge in [0.05, 0.1) is 18.4 Å². The summed E-state index contributed by atoms with van der Waals surface area (Å²) in [5.74, 6) is -1.47. The quantitative estimate of drug-likeness (QED) is 0.587. The zero-order chi connectivity index (χ0) is 20.1. The summed E-state index contributed by atoms with van der Waals surface area (Å²) in [4.78, 5) is 39.9. The van der Waals surface area contributed by atoms with Crippen molar-refractivity contribution >= 4 is 39.9 Å². The standard InChI is InChI=1S/C19H15N3O5S/c1-27-12-8-6-11(7-9-12)16(23)22-19-21-15(10-28-19)17(24)20-14-5-3-2-4-13(14)18(25)26/h2-10H,1H3,(H,20,24)(H,25,26)(H,21,22,23). The number of rotatable bonds is 6. The maximum Gasteiger partial charge on any atom is 0.337 e. The molecule has 0 saturated carbocycles. The molecule has 0 bridgehead atoms. The van der Waals surface area contributed by atoms with E-state index in [2.05, 4.69) is 15.6 Å². The van der Waals surface area contributed by atoms with Gasteiger partial charge in [-0.3, -0.25) is 14.9 Å². The van der Waals surface area contributed by atoms with E-state index in [1.807, 2.05) is 0 Å². The van der Waals surface area contributed by atoms with Crippen molar-refractivity contribution in [3.63, 3.8) is 0 Å². The fourth-order valence-corrected chi connectivity index (χ4v) is 3.00. The van der Waals surface area contributed by atoms with E-state index < -0.39 is 11.9 Å². The Labute approximate surface area is 163 Å². The highest BCUT2D eigenvalue weighted by molar-refractivity contribution is 7.14. The van der Waals surface area contributed by atoms with Crippen molar-refractivity contribution in [2.24, 2.45) is 0 Å². The first-order valence-electron chi connectivity index (χ1n) is 8.02. The number of aromatic nitrogens is 1. The molecule has 2 amide bonds. The van der Waals surface area contributed by atoms with E-state index in [0.717, 1.165) is 11.3 Å². The molecular formula is C19H15N3O5S. The molecule has 0 aliphatic carbocycles. The smallest absolute Gasteiger partial charge is 0.337 e. The topological polar surface area (TPSA) is 118 Å². The number of nitrogens with one attached hydrogen (secondary N) is 2. The minimum Gasteiger partial charge on any atom is -0.497 e. The fraction of sp³-hybridized carbons (Fsp3) is 0.0526. The van der Waals surface area contributed by atoms with E-state index in [4.69, 9.17) is 4.74 Å². The Hall–Kier alpha value is -3.72. The minimum absolute atomic E-state index is 0.0286. The van der Waals surface area contributed by atoms with Crippen LogP contribution in [0.5, 0.6) is 5.75 Å². The molecule has 1 aromatic heterocycles. The van der Waals surface area contributed by atoms with Crippen molar-refractivity contribution in [3.8, 4) is 5.75 Å². The van der Waals surface area contributed by atoms with Gasteiger partial charge in [-0.25, -0.2) is 9.78 Å². The van der Waals surface area contributed by atoms with Crippen molar-refractivity contribution in [3.05, 3.63) is 70.7 Å². The minimum atomic E-state index is -1.15. The van der Waals surface area contributed by atoms with Crippen molar-refractivity contribution < 1.29 is 24.2 Å². The second-order valence-electron chi connectivity index (χ2n) is 5.53. The Balaban J connectivity index is 1.68. The Morgan fingerprint density at radius 3 is 2.39 bits per heavy atom. The van der Waals surface area contributed by atoms with E-state index in [1.54, 1.807) is 36.4 Å². The number of anilines is 2. The van der Waals surface area contributed by atoms with Gasteiger partial charge < -0.3 is 15.2 Å². The largest absolute Gasteiger partial charge is 0.497 e. The van der Waals surface area contributed by atoms with Crippen LogP contribution in [0.15, 0.2) is 53.9 Å². The Morgan fingerprint density at radius 1 is 1.00 bits per heavy atom. The lowest BCUT2D eigenvalue weighted by Crippen LogP contribution is -2.16. The Morgan fingerprint density at radius 2 is 1.71 bits per heavy atom. The molecule has 0 aliphatic rings. The fourth-order valence-electron chi connectivity index (χ4n) is 2.31. The number of methoxy groups -OCH3 is 1. The number of carbonyl (C=O) groups excluding carboxylic acids is 2. The molecule has 2 aromatic carbocycles. The number of hydrogen-bond donors (Lipinski definition) is 3. The molecular weight excluding hydrogens is 382 g/mol. The van der Waals surface area contributed by atoms with Crippen LogP contribution in [-0.4, -0.2) is 35.0 Å². The summed E-state index contributed by atoms with van der Waals surface area (Å²) in [5, 5.41) is 16.0. The molecule has 0 spiro atoms. The normalized spacial score (nSPS) is 10.2. The molecule has 3 N–H and O–H groups in total. The van der Waals surface area contributed by atoms with Gasteiger partial charge >= 0.3 is 5.97 Å². The number of carboxylic acids is 1. The number of carbonyl (C=O) groups is 3. The molecule has 8 nitrogen and oxygen atoms in total. The number of thiazole rings is 1. The Kier molecular flexibility index (Phi) is 5.66. The second kappa shape index (κ2) is 8.31. The van der Waals surface area contributed by atoms with Crippen LogP contribution in [0.2, 0.25) is 0 Å². The van der Waals surface area contributed by atoms with Gasteiger partial charge in [-0.1, -0.05) is 12.1 Å². The molecule has 9 heteroatoms. The molecule has 142 valence electrons. The predicted molar refractivity (Wildman–Crippen MR) is 104 cm³/mol. The van der Waals surface area contributed by atoms with E-state index in [1.165, 1.54) is 24.6 Å². The number of ether oxygens (including phenoxy) is 1. The number of hydrogen-bond acceptors (Lipinski definition) is 6. The maximum atomic E-state index is 12.3. The SMILES string of the molecule is COc1ccc(C(=O)Nc2nc(C(=O)Nc3ccccc3C(=O)O)cs2)cc1. The lowest BCUT2D eigenvalue weighted by molar-refractivity contribution is 0.0697. The molecule has 1 heterocycles. The maximum absolute atomic E-state index is 12.3. The second-order valence-corrected chi connectivity index (χ2v) is 6.38. The van der Waals surface area contributed by atoms with Crippen molar-refractivity contribution in [1.29, 1.82) is 0 Å². The summed E-state index contributed by atoms with van der Waals surface area (Å²) in [6, 6.07) is 12.6. The monoisotopic (exact) mass is 397 g/mol. The first-order valence-corrected chi connectivity index (χ1v) is 8.90. The van der Waals surface area contributed by atoms with Crippen molar-refractivity contribution in [2.45, 2.75) is 0 Å². The molecule has 0 aliphatic heterocycles. The van der Waals surface area contributed by atoms with Crippen LogP contribution in [0.1, 0.15) is 31.2 Å². The van der Waals surface area contributed by atoms with Gasteiger partial charge in [-0.2, -0.15) is 0 Å². The van der Waals surface area contributed by atoms with E-state index in [-0.39, 0.29) is 28.0 Å². The number of amides is 2. The summed E-state index contributed by atoms with van der Waals surface area (Å²) in [6.45, 7) is 0. The highest BCUT2D eigenvalue weighted by Crippen LogP contribution is 2.20. The van der Waals surface area contributed by atoms with Crippen LogP contribution in [0, 0.1) is 0 Å². The number of carboxylic acid groups (broad SMARTS) is 1. The number of aromatic carboxylic acids is 1. The average molecular weight is 397 g/mol. The van der Waals surface area contributed by atoms with Gasteiger partial charge in [0.1, 0.15) is 11.4 Å². The third kappa shape index (κ3) is 4.33. The molecule has 0 unspecified atom stereocenters. The molecule has 0 fully saturated rings. The van der Waals surface area contributed by atoms with Crippen molar-refractivity contribution in [2.75, 3.05) is 17.7 Å². The summed E-state index contributed by atoms with van der Waals surface area (Å²) in [5.41, 5.74) is 0.614. The molecule has 0 saturated heterocycles. The van der Waals surface area contributed by atoms with Crippen LogP contribution in [-0.2, 0) is 0 Å². The highest BCUT2D eigenvalue weighted by atomic mass is 32.1. The van der Waals surface area contributed by atoms with Gasteiger partial charge in [0.2, 0.25) is 0 Å². The van der Waals surface area contributed by atoms with Gasteiger partial charge in [-0.05, 0) is 36.4 Å². The van der Waals surface area contributed by atoms with Crippen LogP contribution in [0.4, 0.5) is 10.8 Å². The zero-order valence-corrected chi connectivity index (χ0v) is 15.4. The number of para-hydroxylation sites is 1. The van der Waals surface area contributed by atoms with E-state index in [0.29, 0.717) is 11.3 Å². The van der Waals surface area contributed by atoms with Crippen LogP contribution < -0.4 is 15.4 Å². The lowest BCUT2D eigenvalue weighted by Gasteiger charge is -2.06. The van der Waals surface area contributed by atoms with Gasteiger partial charge in [0, 0.05) is 10.9 Å². The van der Waals surface area contributed by atoms with Crippen molar-refractivity contribution in [1.82, 2.24) is 4.98 Å². The average Bonchev–Trinajstić information content (AvgIpc) is 3.17. The number of nitrogens with zero attached hydrogens (tertiary/aromatic N) is 1. The summed E-state index contributed by atoms with van der Waals surface area (Å²) in [7, 11) is 1.53. The highest BCUT2D eigenvalue weighted by Gasteiger charge is 2.16. The van der Waals surface area contributed by atoms with Crippen LogP contribution in [0.3, 0.4) is 0 Å². The zero-order valence-electron chi connectivity index (χ0n) is 14.6. The predicted octanol–water partition coefficient (Wildman–Crippen LogP) is 3.35. The molecule has 0 radical (unpaired) electrons. The molecule has 3 aromatic rings. The van der Waals surface area contributed by atoms with Crippen LogP contribution >= 0.6 is 11.3 Å². The third-order valence-corrected chi connectivity index (χ3v) is 4.47. The molecule has 3 rings (SSSR count). The molecule has 28 heavy (non-hydrogen) atoms. The summed E-state index contributed by atoms with van der Waals surface area (Å²) >= 11 is 1.08. The lowest BCUT2D eigenvalue weighted by atomic mass is 10.2. The van der Waals surface area contributed by atoms with Crippen LogP contribution in [0.25, 0.3) is 0 Å². The first-order chi connectivity index (χ1) is 13.5. The third-order valence-electron chi connectivity index (χ3n) is 3.72. The van der Waals surface area contributed by atoms with E-state index >= 15 is 0 Å².